The topological polar surface area (TPSA) is 72.8 Å². The van der Waals surface area contributed by atoms with Crippen molar-refractivity contribution in [2.45, 2.75) is 42.5 Å². The molecule has 2 aromatic carbocycles. The van der Waals surface area contributed by atoms with Gasteiger partial charge in [-0.25, -0.2) is 8.78 Å². The van der Waals surface area contributed by atoms with Crippen molar-refractivity contribution in [2.24, 2.45) is 5.92 Å². The van der Waals surface area contributed by atoms with E-state index in [2.05, 4.69) is 11.2 Å². The lowest BCUT2D eigenvalue weighted by atomic mass is 10.2. The van der Waals surface area contributed by atoms with Gasteiger partial charge in [-0.3, -0.25) is 14.0 Å². The number of ether oxygens (including phenoxy) is 1. The number of aryl methyl sites for hydroxylation is 1. The number of nitrogens with zero attached hydrogens (tertiary/aromatic N) is 4. The SMILES string of the molecule is CCCn1cc(-n2c(C#N)c(Sc3cccc(OC(=O)C4CC4)c3F)c3ccc(Cl)c(F)c32)cn1. The number of esters is 1. The van der Waals surface area contributed by atoms with E-state index in [1.807, 2.05) is 6.92 Å². The Morgan fingerprint density at radius 2 is 2.09 bits per heavy atom. The summed E-state index contributed by atoms with van der Waals surface area (Å²) in [6, 6.07) is 9.61. The summed E-state index contributed by atoms with van der Waals surface area (Å²) in [7, 11) is 0. The highest BCUT2D eigenvalue weighted by atomic mass is 35.5. The van der Waals surface area contributed by atoms with Crippen LogP contribution in [0.4, 0.5) is 8.78 Å². The van der Waals surface area contributed by atoms with Crippen LogP contribution in [-0.2, 0) is 11.3 Å². The molecule has 0 atom stereocenters. The van der Waals surface area contributed by atoms with Crippen LogP contribution in [-0.4, -0.2) is 20.3 Å². The molecular formula is C25H19ClF2N4O2S. The molecule has 5 rings (SSSR count). The Labute approximate surface area is 209 Å². The number of hydrogen-bond acceptors (Lipinski definition) is 5. The highest BCUT2D eigenvalue weighted by Gasteiger charge is 2.32. The zero-order valence-electron chi connectivity index (χ0n) is 18.6. The highest BCUT2D eigenvalue weighted by Crippen LogP contribution is 2.43. The quantitative estimate of drug-likeness (QED) is 0.208. The number of rotatable bonds is 7. The van der Waals surface area contributed by atoms with Gasteiger partial charge in [0.25, 0.3) is 0 Å². The van der Waals surface area contributed by atoms with Crippen molar-refractivity contribution in [3.63, 3.8) is 0 Å². The van der Waals surface area contributed by atoms with Gasteiger partial charge < -0.3 is 4.74 Å². The van der Waals surface area contributed by atoms with Crippen LogP contribution in [0.5, 0.6) is 5.75 Å². The maximum Gasteiger partial charge on any atom is 0.314 e. The van der Waals surface area contributed by atoms with Crippen molar-refractivity contribution in [3.8, 4) is 17.5 Å². The molecule has 1 aliphatic rings. The molecule has 0 N–H and O–H groups in total. The molecule has 1 saturated carbocycles. The lowest BCUT2D eigenvalue weighted by Crippen LogP contribution is -2.11. The summed E-state index contributed by atoms with van der Waals surface area (Å²) < 4.78 is 39.0. The second-order valence-corrected chi connectivity index (χ2v) is 9.67. The Hall–Kier alpha value is -3.35. The molecule has 1 aliphatic carbocycles. The van der Waals surface area contributed by atoms with Gasteiger partial charge in [0, 0.05) is 18.1 Å². The number of benzene rings is 2. The molecule has 2 aromatic heterocycles. The molecule has 0 amide bonds. The number of carbonyl (C=O) groups is 1. The first kappa shape index (κ1) is 23.4. The van der Waals surface area contributed by atoms with Gasteiger partial charge in [0.05, 0.1) is 38.1 Å². The van der Waals surface area contributed by atoms with Gasteiger partial charge in [-0.05, 0) is 43.5 Å². The minimum absolute atomic E-state index is 0.0987. The van der Waals surface area contributed by atoms with E-state index in [0.717, 1.165) is 31.0 Å². The molecule has 0 aliphatic heterocycles. The first-order valence-electron chi connectivity index (χ1n) is 11.1. The maximum absolute atomic E-state index is 15.3. The van der Waals surface area contributed by atoms with Crippen LogP contribution in [0, 0.1) is 28.9 Å². The second-order valence-electron chi connectivity index (χ2n) is 8.21. The molecule has 178 valence electrons. The number of hydrogen-bond donors (Lipinski definition) is 0. The van der Waals surface area contributed by atoms with Crippen LogP contribution >= 0.6 is 23.4 Å². The van der Waals surface area contributed by atoms with Crippen LogP contribution in [0.2, 0.25) is 5.02 Å². The van der Waals surface area contributed by atoms with Crippen molar-refractivity contribution in [3.05, 3.63) is 65.1 Å². The summed E-state index contributed by atoms with van der Waals surface area (Å²) in [5.41, 5.74) is 0.701. The molecule has 0 saturated heterocycles. The number of halogens is 3. The Bertz CT molecular complexity index is 1500. The number of carbonyl (C=O) groups excluding carboxylic acids is 1. The molecule has 1 fully saturated rings. The Morgan fingerprint density at radius 3 is 2.80 bits per heavy atom. The fourth-order valence-electron chi connectivity index (χ4n) is 3.83. The predicted octanol–water partition coefficient (Wildman–Crippen LogP) is 6.51. The van der Waals surface area contributed by atoms with Crippen LogP contribution in [0.3, 0.4) is 0 Å². The van der Waals surface area contributed by atoms with Gasteiger partial charge in [0.1, 0.15) is 11.8 Å². The zero-order valence-corrected chi connectivity index (χ0v) is 20.2. The Morgan fingerprint density at radius 1 is 1.29 bits per heavy atom. The fourth-order valence-corrected chi connectivity index (χ4v) is 5.05. The number of nitriles is 1. The standard InChI is InChI=1S/C25H19ClF2N4O2S/c1-2-10-31-13-15(12-30-31)32-18(11-29)24(16-8-9-17(26)21(27)23(16)32)35-20-5-3-4-19(22(20)28)34-25(33)14-6-7-14/h3-5,8-9,12-14H,2,6-7,10H2,1H3. The minimum atomic E-state index is -0.721. The average molecular weight is 513 g/mol. The third-order valence-electron chi connectivity index (χ3n) is 5.67. The molecule has 0 bridgehead atoms. The lowest BCUT2D eigenvalue weighted by molar-refractivity contribution is -0.136. The smallest absolute Gasteiger partial charge is 0.314 e. The van der Waals surface area contributed by atoms with E-state index in [1.54, 1.807) is 29.2 Å². The average Bonchev–Trinajstić information content (AvgIpc) is 3.52. The summed E-state index contributed by atoms with van der Waals surface area (Å²) in [4.78, 5) is 12.5. The van der Waals surface area contributed by atoms with E-state index in [1.165, 1.54) is 22.8 Å². The summed E-state index contributed by atoms with van der Waals surface area (Å²) in [5, 5.41) is 14.7. The van der Waals surface area contributed by atoms with Crippen molar-refractivity contribution in [1.82, 2.24) is 14.3 Å². The molecule has 10 heteroatoms. The van der Waals surface area contributed by atoms with Crippen LogP contribution in [0.15, 0.2) is 52.5 Å². The number of fused-ring (bicyclic) bond motifs is 1. The lowest BCUT2D eigenvalue weighted by Gasteiger charge is -2.09. The van der Waals surface area contributed by atoms with Gasteiger partial charge in [-0.1, -0.05) is 36.4 Å². The second kappa shape index (κ2) is 9.36. The predicted molar refractivity (Wildman–Crippen MR) is 128 cm³/mol. The normalized spacial score (nSPS) is 13.2. The summed E-state index contributed by atoms with van der Waals surface area (Å²) in [5.74, 6) is -2.23. The largest absolute Gasteiger partial charge is 0.423 e. The van der Waals surface area contributed by atoms with Gasteiger partial charge >= 0.3 is 5.97 Å². The number of aromatic nitrogens is 3. The van der Waals surface area contributed by atoms with Crippen LogP contribution in [0.1, 0.15) is 31.9 Å². The Kier molecular flexibility index (Phi) is 6.26. The van der Waals surface area contributed by atoms with Gasteiger partial charge in [-0.2, -0.15) is 10.4 Å². The third kappa shape index (κ3) is 4.28. The third-order valence-corrected chi connectivity index (χ3v) is 7.12. The molecule has 6 nitrogen and oxygen atoms in total. The van der Waals surface area contributed by atoms with E-state index in [9.17, 15) is 10.1 Å². The maximum atomic E-state index is 15.3. The zero-order chi connectivity index (χ0) is 24.7. The summed E-state index contributed by atoms with van der Waals surface area (Å²) in [6.45, 7) is 2.66. The van der Waals surface area contributed by atoms with Crippen molar-refractivity contribution in [2.75, 3.05) is 0 Å². The van der Waals surface area contributed by atoms with Crippen molar-refractivity contribution >= 4 is 40.2 Å². The molecule has 0 unspecified atom stereocenters. The first-order chi connectivity index (χ1) is 16.9. The van der Waals surface area contributed by atoms with Crippen LogP contribution in [0.25, 0.3) is 16.6 Å². The summed E-state index contributed by atoms with van der Waals surface area (Å²) >= 11 is 7.05. The molecule has 4 aromatic rings. The highest BCUT2D eigenvalue weighted by molar-refractivity contribution is 7.99. The molecule has 0 spiro atoms. The fraction of sp³-hybridized carbons (Fsp3) is 0.240. The molecular weight excluding hydrogens is 494 g/mol. The van der Waals surface area contributed by atoms with E-state index in [-0.39, 0.29) is 32.8 Å². The van der Waals surface area contributed by atoms with E-state index < -0.39 is 17.6 Å². The van der Waals surface area contributed by atoms with E-state index in [0.29, 0.717) is 22.5 Å². The van der Waals surface area contributed by atoms with Crippen molar-refractivity contribution in [1.29, 1.82) is 5.26 Å². The van der Waals surface area contributed by atoms with Gasteiger partial charge in [0.15, 0.2) is 17.4 Å². The van der Waals surface area contributed by atoms with Crippen molar-refractivity contribution < 1.29 is 18.3 Å². The Balaban J connectivity index is 1.64. The molecule has 35 heavy (non-hydrogen) atoms. The minimum Gasteiger partial charge on any atom is -0.423 e. The van der Waals surface area contributed by atoms with E-state index in [4.69, 9.17) is 16.3 Å². The summed E-state index contributed by atoms with van der Waals surface area (Å²) in [6.07, 6.45) is 5.59. The van der Waals surface area contributed by atoms with E-state index >= 15 is 8.78 Å². The first-order valence-corrected chi connectivity index (χ1v) is 12.3. The molecule has 2 heterocycles. The monoisotopic (exact) mass is 512 g/mol. The van der Waals surface area contributed by atoms with Gasteiger partial charge in [0.2, 0.25) is 0 Å². The molecule has 0 radical (unpaired) electrons. The van der Waals surface area contributed by atoms with Gasteiger partial charge in [-0.15, -0.1) is 0 Å². The van der Waals surface area contributed by atoms with Crippen LogP contribution < -0.4 is 4.74 Å².